The number of hydrogen-bond donors (Lipinski definition) is 1. The third kappa shape index (κ3) is 3.57. The second kappa shape index (κ2) is 6.84. The highest BCUT2D eigenvalue weighted by molar-refractivity contribution is 9.10. The van der Waals surface area contributed by atoms with Gasteiger partial charge in [-0.05, 0) is 31.2 Å². The number of nitrogens with two attached hydrogens (primary N) is 1. The van der Waals surface area contributed by atoms with Crippen LogP contribution in [-0.4, -0.2) is 48.6 Å². The average molecular weight is 326 g/mol. The van der Waals surface area contributed by atoms with Crippen LogP contribution in [0, 0.1) is 0 Å². The lowest BCUT2D eigenvalue weighted by atomic mass is 10.0. The van der Waals surface area contributed by atoms with Crippen molar-refractivity contribution in [1.29, 1.82) is 0 Å². The van der Waals surface area contributed by atoms with Crippen molar-refractivity contribution in [3.05, 3.63) is 34.3 Å². The predicted octanol–water partition coefficient (Wildman–Crippen LogP) is 2.47. The summed E-state index contributed by atoms with van der Waals surface area (Å²) in [5.41, 5.74) is 7.34. The molecule has 1 aliphatic heterocycles. The summed E-state index contributed by atoms with van der Waals surface area (Å²) in [6.45, 7) is 9.70. The summed E-state index contributed by atoms with van der Waals surface area (Å²) >= 11 is 3.55. The largest absolute Gasteiger partial charge is 0.329 e. The summed E-state index contributed by atoms with van der Waals surface area (Å²) < 4.78 is 1.13. The molecule has 1 saturated heterocycles. The van der Waals surface area contributed by atoms with Crippen LogP contribution in [0.15, 0.2) is 28.7 Å². The molecule has 106 valence electrons. The van der Waals surface area contributed by atoms with Crippen molar-refractivity contribution < 1.29 is 0 Å². The molecule has 1 aliphatic rings. The van der Waals surface area contributed by atoms with E-state index in [1.807, 2.05) is 0 Å². The zero-order valence-electron chi connectivity index (χ0n) is 11.8. The molecule has 2 rings (SSSR count). The number of rotatable bonds is 4. The van der Waals surface area contributed by atoms with E-state index in [2.05, 4.69) is 63.8 Å². The van der Waals surface area contributed by atoms with Crippen LogP contribution in [0.2, 0.25) is 0 Å². The molecule has 0 amide bonds. The molecule has 0 saturated carbocycles. The molecule has 0 bridgehead atoms. The smallest absolute Gasteiger partial charge is 0.0472 e. The second-order valence-corrected chi connectivity index (χ2v) is 6.19. The Balaban J connectivity index is 2.10. The molecule has 1 fully saturated rings. The molecule has 0 aliphatic carbocycles. The average Bonchev–Trinajstić information content (AvgIpc) is 2.40. The summed E-state index contributed by atoms with van der Waals surface area (Å²) in [6, 6.07) is 9.47. The highest BCUT2D eigenvalue weighted by Crippen LogP contribution is 2.25. The highest BCUT2D eigenvalue weighted by Gasteiger charge is 2.27. The van der Waals surface area contributed by atoms with Gasteiger partial charge in [-0.25, -0.2) is 0 Å². The van der Waals surface area contributed by atoms with E-state index in [1.165, 1.54) is 5.56 Å². The Bertz CT molecular complexity index is 410. The molecule has 3 nitrogen and oxygen atoms in total. The van der Waals surface area contributed by atoms with Crippen LogP contribution in [0.5, 0.6) is 0 Å². The van der Waals surface area contributed by atoms with Gasteiger partial charge < -0.3 is 5.73 Å². The Kier molecular flexibility index (Phi) is 5.39. The fourth-order valence-corrected chi connectivity index (χ4v) is 3.40. The molecular weight excluding hydrogens is 302 g/mol. The zero-order valence-corrected chi connectivity index (χ0v) is 13.4. The third-order valence-corrected chi connectivity index (χ3v) is 4.59. The number of hydrogen-bond acceptors (Lipinski definition) is 3. The summed E-state index contributed by atoms with van der Waals surface area (Å²) in [6.07, 6.45) is 0. The lowest BCUT2D eigenvalue weighted by Gasteiger charge is -2.42. The lowest BCUT2D eigenvalue weighted by Crippen LogP contribution is -2.53. The Morgan fingerprint density at radius 2 is 2.21 bits per heavy atom. The standard InChI is InChI=1S/C15H24BrN3/c1-3-18-7-8-19(11-12(18)2)15(10-17)13-5-4-6-14(16)9-13/h4-6,9,12,15H,3,7-8,10-11,17H2,1-2H3. The van der Waals surface area contributed by atoms with Crippen LogP contribution in [0.4, 0.5) is 0 Å². The van der Waals surface area contributed by atoms with Crippen molar-refractivity contribution in [2.75, 3.05) is 32.7 Å². The second-order valence-electron chi connectivity index (χ2n) is 5.28. The van der Waals surface area contributed by atoms with Gasteiger partial charge >= 0.3 is 0 Å². The van der Waals surface area contributed by atoms with Gasteiger partial charge in [-0.1, -0.05) is 35.0 Å². The van der Waals surface area contributed by atoms with Gasteiger partial charge in [0, 0.05) is 42.7 Å². The molecule has 19 heavy (non-hydrogen) atoms. The molecule has 0 aromatic heterocycles. The van der Waals surface area contributed by atoms with Crippen LogP contribution in [-0.2, 0) is 0 Å². The van der Waals surface area contributed by atoms with Crippen LogP contribution in [0.1, 0.15) is 25.5 Å². The van der Waals surface area contributed by atoms with E-state index in [9.17, 15) is 0 Å². The summed E-state index contributed by atoms with van der Waals surface area (Å²) in [5, 5.41) is 0. The summed E-state index contributed by atoms with van der Waals surface area (Å²) in [7, 11) is 0. The SMILES string of the molecule is CCN1CCN(C(CN)c2cccc(Br)c2)CC1C. The molecule has 0 radical (unpaired) electrons. The predicted molar refractivity (Wildman–Crippen MR) is 84.2 cm³/mol. The Morgan fingerprint density at radius 1 is 1.42 bits per heavy atom. The first-order chi connectivity index (χ1) is 9.15. The van der Waals surface area contributed by atoms with E-state index in [0.717, 1.165) is 30.7 Å². The summed E-state index contributed by atoms with van der Waals surface area (Å²) in [4.78, 5) is 5.06. The maximum Gasteiger partial charge on any atom is 0.0472 e. The van der Waals surface area contributed by atoms with Crippen molar-refractivity contribution in [3.63, 3.8) is 0 Å². The van der Waals surface area contributed by atoms with Gasteiger partial charge in [-0.3, -0.25) is 9.80 Å². The Hall–Kier alpha value is -0.420. The Morgan fingerprint density at radius 3 is 2.79 bits per heavy atom. The van der Waals surface area contributed by atoms with E-state index in [-0.39, 0.29) is 0 Å². The maximum atomic E-state index is 6.03. The fourth-order valence-electron chi connectivity index (χ4n) is 2.99. The summed E-state index contributed by atoms with van der Waals surface area (Å²) in [5.74, 6) is 0. The van der Waals surface area contributed by atoms with Gasteiger partial charge in [0.2, 0.25) is 0 Å². The molecule has 1 heterocycles. The number of likely N-dealkylation sites (N-methyl/N-ethyl adjacent to an activating group) is 1. The number of piperazine rings is 1. The molecule has 2 N–H and O–H groups in total. The number of halogens is 1. The Labute approximate surface area is 124 Å². The normalized spacial score (nSPS) is 23.5. The zero-order chi connectivity index (χ0) is 13.8. The van der Waals surface area contributed by atoms with E-state index in [1.54, 1.807) is 0 Å². The number of benzene rings is 1. The first-order valence-corrected chi connectivity index (χ1v) is 7.88. The van der Waals surface area contributed by atoms with Crippen molar-refractivity contribution in [3.8, 4) is 0 Å². The minimum atomic E-state index is 0.332. The van der Waals surface area contributed by atoms with Crippen molar-refractivity contribution in [2.24, 2.45) is 5.73 Å². The molecule has 1 aromatic carbocycles. The quantitative estimate of drug-likeness (QED) is 0.923. The minimum absolute atomic E-state index is 0.332. The van der Waals surface area contributed by atoms with Crippen molar-refractivity contribution in [1.82, 2.24) is 9.80 Å². The maximum absolute atomic E-state index is 6.03. The van der Waals surface area contributed by atoms with Gasteiger partial charge in [0.25, 0.3) is 0 Å². The van der Waals surface area contributed by atoms with Gasteiger partial charge in [-0.2, -0.15) is 0 Å². The van der Waals surface area contributed by atoms with Gasteiger partial charge in [-0.15, -0.1) is 0 Å². The highest BCUT2D eigenvalue weighted by atomic mass is 79.9. The molecule has 1 aromatic rings. The monoisotopic (exact) mass is 325 g/mol. The van der Waals surface area contributed by atoms with Crippen molar-refractivity contribution in [2.45, 2.75) is 25.9 Å². The van der Waals surface area contributed by atoms with E-state index in [0.29, 0.717) is 18.6 Å². The molecular formula is C15H24BrN3. The van der Waals surface area contributed by atoms with Crippen molar-refractivity contribution >= 4 is 15.9 Å². The molecule has 2 atom stereocenters. The lowest BCUT2D eigenvalue weighted by molar-refractivity contribution is 0.0606. The molecule has 0 spiro atoms. The first-order valence-electron chi connectivity index (χ1n) is 7.09. The minimum Gasteiger partial charge on any atom is -0.329 e. The number of nitrogens with zero attached hydrogens (tertiary/aromatic N) is 2. The van der Waals surface area contributed by atoms with E-state index >= 15 is 0 Å². The van der Waals surface area contributed by atoms with Gasteiger partial charge in [0.05, 0.1) is 0 Å². The van der Waals surface area contributed by atoms with Crippen LogP contribution in [0.3, 0.4) is 0 Å². The first kappa shape index (κ1) is 15.0. The van der Waals surface area contributed by atoms with Gasteiger partial charge in [0.15, 0.2) is 0 Å². The molecule has 2 unspecified atom stereocenters. The van der Waals surface area contributed by atoms with E-state index < -0.39 is 0 Å². The van der Waals surface area contributed by atoms with E-state index in [4.69, 9.17) is 5.73 Å². The molecule has 4 heteroatoms. The topological polar surface area (TPSA) is 32.5 Å². The van der Waals surface area contributed by atoms with Crippen LogP contribution < -0.4 is 5.73 Å². The van der Waals surface area contributed by atoms with Crippen LogP contribution >= 0.6 is 15.9 Å². The van der Waals surface area contributed by atoms with Crippen LogP contribution in [0.25, 0.3) is 0 Å². The van der Waals surface area contributed by atoms with Gasteiger partial charge in [0.1, 0.15) is 0 Å². The fraction of sp³-hybridized carbons (Fsp3) is 0.600. The third-order valence-electron chi connectivity index (χ3n) is 4.10.